The average molecular weight is 452 g/mol. The second-order valence-corrected chi connectivity index (χ2v) is 11.4. The van der Waals surface area contributed by atoms with Gasteiger partial charge in [0.25, 0.3) is 0 Å². The van der Waals surface area contributed by atoms with Crippen molar-refractivity contribution in [2.45, 2.75) is 58.9 Å². The van der Waals surface area contributed by atoms with Crippen molar-refractivity contribution in [3.63, 3.8) is 0 Å². The van der Waals surface area contributed by atoms with E-state index in [2.05, 4.69) is 37.1 Å². The Balaban J connectivity index is 1.39. The van der Waals surface area contributed by atoms with Crippen molar-refractivity contribution >= 4 is 17.5 Å². The summed E-state index contributed by atoms with van der Waals surface area (Å²) in [5, 5.41) is 3.15. The van der Waals surface area contributed by atoms with E-state index < -0.39 is 0 Å². The number of ether oxygens (including phenoxy) is 1. The monoisotopic (exact) mass is 451 g/mol. The van der Waals surface area contributed by atoms with E-state index in [0.29, 0.717) is 29.6 Å². The quantitative estimate of drug-likeness (QED) is 0.733. The lowest BCUT2D eigenvalue weighted by Crippen LogP contribution is -2.62. The lowest BCUT2D eigenvalue weighted by atomic mass is 9.46. The second-order valence-electron chi connectivity index (χ2n) is 11.4. The standard InChI is InChI=1S/C27H37N3O3/c1-16-14-18-19-6-7-21(25(32)29-17-10-13-28-22(15-17)33-5)26(19,2)11-8-20(18)27(3)12-9-23(31)30(4)24(16)27/h9-10,12-13,15-16,18-21,24H,6-8,11,14H2,1-5H3,(H,28,29,32)/t16?,18-,19-,20+,21?,24?,26-,27+/m0/s1. The Hall–Kier alpha value is -2.37. The van der Waals surface area contributed by atoms with E-state index in [-0.39, 0.29) is 34.6 Å². The number of aromatic nitrogens is 1. The normalized spacial score (nSPS) is 41.7. The Morgan fingerprint density at radius 3 is 2.79 bits per heavy atom. The molecule has 178 valence electrons. The molecule has 2 heterocycles. The maximum Gasteiger partial charge on any atom is 0.246 e. The van der Waals surface area contributed by atoms with E-state index >= 15 is 0 Å². The number of nitrogens with one attached hydrogen (secondary N) is 1. The number of carbonyl (C=O) groups is 2. The van der Waals surface area contributed by atoms with Crippen LogP contribution in [0.5, 0.6) is 5.88 Å². The van der Waals surface area contributed by atoms with Crippen LogP contribution in [-0.4, -0.2) is 41.9 Å². The van der Waals surface area contributed by atoms with Crippen molar-refractivity contribution in [1.82, 2.24) is 9.88 Å². The molecule has 5 rings (SSSR count). The second kappa shape index (κ2) is 7.85. The molecule has 0 saturated heterocycles. The van der Waals surface area contributed by atoms with Crippen LogP contribution in [0.2, 0.25) is 0 Å². The van der Waals surface area contributed by atoms with Gasteiger partial charge in [0.1, 0.15) is 0 Å². The first-order valence-corrected chi connectivity index (χ1v) is 12.5. The van der Waals surface area contributed by atoms with Gasteiger partial charge in [-0.3, -0.25) is 9.59 Å². The van der Waals surface area contributed by atoms with E-state index in [0.717, 1.165) is 37.8 Å². The molecule has 6 heteroatoms. The Labute approximate surface area is 197 Å². The molecule has 3 aliphatic carbocycles. The van der Waals surface area contributed by atoms with Crippen molar-refractivity contribution in [2.24, 2.45) is 40.4 Å². The lowest BCUT2D eigenvalue weighted by Gasteiger charge is -2.62. The fraction of sp³-hybridized carbons (Fsp3) is 0.667. The minimum Gasteiger partial charge on any atom is -0.481 e. The number of anilines is 1. The third-order valence-corrected chi connectivity index (χ3v) is 9.93. The molecule has 1 aromatic heterocycles. The van der Waals surface area contributed by atoms with E-state index in [4.69, 9.17) is 4.74 Å². The first kappa shape index (κ1) is 22.4. The highest BCUT2D eigenvalue weighted by molar-refractivity contribution is 5.93. The number of fused-ring (bicyclic) bond motifs is 5. The predicted octanol–water partition coefficient (Wildman–Crippen LogP) is 4.53. The largest absolute Gasteiger partial charge is 0.481 e. The highest BCUT2D eigenvalue weighted by Crippen LogP contribution is 2.66. The van der Waals surface area contributed by atoms with Crippen LogP contribution in [0.3, 0.4) is 0 Å². The van der Waals surface area contributed by atoms with Crippen molar-refractivity contribution < 1.29 is 14.3 Å². The number of hydrogen-bond donors (Lipinski definition) is 1. The number of likely N-dealkylation sites (N-methyl/N-ethyl adjacent to an activating group) is 1. The first-order valence-electron chi connectivity index (χ1n) is 12.5. The van der Waals surface area contributed by atoms with Gasteiger partial charge in [0, 0.05) is 42.4 Å². The van der Waals surface area contributed by atoms with Gasteiger partial charge in [-0.25, -0.2) is 4.98 Å². The molecular weight excluding hydrogens is 414 g/mol. The number of hydrogen-bond acceptors (Lipinski definition) is 4. The van der Waals surface area contributed by atoms with Crippen LogP contribution >= 0.6 is 0 Å². The van der Waals surface area contributed by atoms with Gasteiger partial charge < -0.3 is 15.0 Å². The molecule has 1 aliphatic heterocycles. The summed E-state index contributed by atoms with van der Waals surface area (Å²) >= 11 is 0. The summed E-state index contributed by atoms with van der Waals surface area (Å²) in [6, 6.07) is 3.87. The topological polar surface area (TPSA) is 71.5 Å². The summed E-state index contributed by atoms with van der Waals surface area (Å²) < 4.78 is 5.21. The molecule has 2 amide bonds. The molecular formula is C27H37N3O3. The van der Waals surface area contributed by atoms with Crippen LogP contribution in [0, 0.1) is 40.4 Å². The van der Waals surface area contributed by atoms with Crippen LogP contribution in [0.25, 0.3) is 0 Å². The Morgan fingerprint density at radius 2 is 2.03 bits per heavy atom. The number of rotatable bonds is 3. The molecule has 4 aliphatic rings. The Kier molecular flexibility index (Phi) is 5.33. The molecule has 6 nitrogen and oxygen atoms in total. The molecule has 3 unspecified atom stereocenters. The molecule has 33 heavy (non-hydrogen) atoms. The summed E-state index contributed by atoms with van der Waals surface area (Å²) in [7, 11) is 3.56. The van der Waals surface area contributed by atoms with Gasteiger partial charge in [0.05, 0.1) is 7.11 Å². The van der Waals surface area contributed by atoms with Gasteiger partial charge in [0.15, 0.2) is 0 Å². The minimum absolute atomic E-state index is 0.0141. The van der Waals surface area contributed by atoms with Crippen molar-refractivity contribution in [3.8, 4) is 5.88 Å². The highest BCUT2D eigenvalue weighted by atomic mass is 16.5. The van der Waals surface area contributed by atoms with E-state index in [1.165, 1.54) is 0 Å². The molecule has 8 atom stereocenters. The average Bonchev–Trinajstić information content (AvgIpc) is 3.14. The third kappa shape index (κ3) is 3.31. The van der Waals surface area contributed by atoms with Crippen LogP contribution in [-0.2, 0) is 9.59 Å². The van der Waals surface area contributed by atoms with Crippen LogP contribution in [0.15, 0.2) is 30.5 Å². The summed E-state index contributed by atoms with van der Waals surface area (Å²) in [4.78, 5) is 32.0. The zero-order chi connectivity index (χ0) is 23.5. The summed E-state index contributed by atoms with van der Waals surface area (Å²) in [5.41, 5.74) is 0.778. The van der Waals surface area contributed by atoms with E-state index in [1.54, 1.807) is 25.4 Å². The van der Waals surface area contributed by atoms with Gasteiger partial charge in [-0.05, 0) is 73.3 Å². The van der Waals surface area contributed by atoms with Gasteiger partial charge in [-0.2, -0.15) is 0 Å². The van der Waals surface area contributed by atoms with E-state index in [9.17, 15) is 9.59 Å². The SMILES string of the molecule is COc1cc(NC(=O)C2CC[C@H]3[C@@H]4CC(C)C5N(C)C(=O)C=C[C@]5(C)[C@@H]4CC[C@]23C)ccn1. The summed E-state index contributed by atoms with van der Waals surface area (Å²) in [6.07, 6.45) is 11.1. The van der Waals surface area contributed by atoms with Crippen LogP contribution in [0.4, 0.5) is 5.69 Å². The lowest BCUT2D eigenvalue weighted by molar-refractivity contribution is -0.147. The maximum atomic E-state index is 13.4. The number of pyridine rings is 1. The highest BCUT2D eigenvalue weighted by Gasteiger charge is 2.62. The van der Waals surface area contributed by atoms with Crippen molar-refractivity contribution in [1.29, 1.82) is 0 Å². The molecule has 0 spiro atoms. The number of nitrogens with zero attached hydrogens (tertiary/aromatic N) is 2. The van der Waals surface area contributed by atoms with Gasteiger partial charge in [-0.1, -0.05) is 26.8 Å². The molecule has 3 fully saturated rings. The van der Waals surface area contributed by atoms with Crippen molar-refractivity contribution in [2.75, 3.05) is 19.5 Å². The zero-order valence-electron chi connectivity index (χ0n) is 20.5. The molecule has 1 N–H and O–H groups in total. The third-order valence-electron chi connectivity index (χ3n) is 9.93. The minimum atomic E-state index is 0.0141. The van der Waals surface area contributed by atoms with Crippen molar-refractivity contribution in [3.05, 3.63) is 30.5 Å². The first-order chi connectivity index (χ1) is 15.7. The smallest absolute Gasteiger partial charge is 0.246 e. The van der Waals surface area contributed by atoms with Gasteiger partial charge >= 0.3 is 0 Å². The summed E-state index contributed by atoms with van der Waals surface area (Å²) in [5.74, 6) is 2.96. The predicted molar refractivity (Wildman–Crippen MR) is 128 cm³/mol. The van der Waals surface area contributed by atoms with Crippen LogP contribution in [0.1, 0.15) is 52.9 Å². The maximum absolute atomic E-state index is 13.4. The molecule has 0 bridgehead atoms. The molecule has 0 radical (unpaired) electrons. The molecule has 0 aromatic carbocycles. The number of amides is 2. The molecule has 3 saturated carbocycles. The fourth-order valence-corrected chi connectivity index (χ4v) is 8.56. The fourth-order valence-electron chi connectivity index (χ4n) is 8.56. The molecule has 1 aromatic rings. The number of carbonyl (C=O) groups excluding carboxylic acids is 2. The summed E-state index contributed by atoms with van der Waals surface area (Å²) in [6.45, 7) is 7.07. The van der Waals surface area contributed by atoms with Gasteiger partial charge in [-0.15, -0.1) is 0 Å². The number of methoxy groups -OCH3 is 1. The Bertz CT molecular complexity index is 993. The van der Waals surface area contributed by atoms with Crippen LogP contribution < -0.4 is 10.1 Å². The van der Waals surface area contributed by atoms with Gasteiger partial charge in [0.2, 0.25) is 17.7 Å². The Morgan fingerprint density at radius 1 is 1.24 bits per heavy atom. The van der Waals surface area contributed by atoms with E-state index in [1.807, 2.05) is 18.0 Å². The zero-order valence-corrected chi connectivity index (χ0v) is 20.5.